The van der Waals surface area contributed by atoms with Crippen molar-refractivity contribution in [2.24, 2.45) is 0 Å². The van der Waals surface area contributed by atoms with Crippen LogP contribution in [0.5, 0.6) is 0 Å². The first-order valence-corrected chi connectivity index (χ1v) is 8.10. The van der Waals surface area contributed by atoms with E-state index in [2.05, 4.69) is 0 Å². The zero-order valence-corrected chi connectivity index (χ0v) is 14.0. The first-order valence-electron chi connectivity index (χ1n) is 8.10. The lowest BCUT2D eigenvalue weighted by Gasteiger charge is -2.32. The molecule has 2 aromatic rings. The van der Waals surface area contributed by atoms with Crippen LogP contribution in [0.1, 0.15) is 43.4 Å². The number of amides is 1. The SMILES string of the molecule is CCC(C(=O)N(C)C(C)C(O)c1ccccc1)c1ccccc1. The van der Waals surface area contributed by atoms with Gasteiger partial charge in [-0.15, -0.1) is 0 Å². The normalized spacial score (nSPS) is 14.8. The van der Waals surface area contributed by atoms with Crippen LogP contribution < -0.4 is 0 Å². The molecule has 1 amide bonds. The van der Waals surface area contributed by atoms with Crippen LogP contribution >= 0.6 is 0 Å². The monoisotopic (exact) mass is 311 g/mol. The first-order chi connectivity index (χ1) is 11.1. The molecule has 0 aliphatic heterocycles. The number of benzene rings is 2. The molecule has 122 valence electrons. The summed E-state index contributed by atoms with van der Waals surface area (Å²) in [6.45, 7) is 3.90. The predicted octanol–water partition coefficient (Wildman–Crippen LogP) is 3.76. The number of hydrogen-bond acceptors (Lipinski definition) is 2. The van der Waals surface area contributed by atoms with E-state index in [4.69, 9.17) is 0 Å². The maximum Gasteiger partial charge on any atom is 0.230 e. The highest BCUT2D eigenvalue weighted by atomic mass is 16.3. The lowest BCUT2D eigenvalue weighted by Crippen LogP contribution is -2.41. The average Bonchev–Trinajstić information content (AvgIpc) is 2.62. The molecule has 0 aromatic heterocycles. The number of carbonyl (C=O) groups is 1. The van der Waals surface area contributed by atoms with Gasteiger partial charge in [-0.2, -0.15) is 0 Å². The average molecular weight is 311 g/mol. The summed E-state index contributed by atoms with van der Waals surface area (Å²) in [5, 5.41) is 10.5. The van der Waals surface area contributed by atoms with Crippen LogP contribution in [0.4, 0.5) is 0 Å². The summed E-state index contributed by atoms with van der Waals surface area (Å²) in [7, 11) is 1.77. The van der Waals surface area contributed by atoms with Crippen molar-refractivity contribution in [1.29, 1.82) is 0 Å². The third-order valence-electron chi connectivity index (χ3n) is 4.46. The molecule has 2 rings (SSSR count). The molecule has 0 saturated carbocycles. The molecule has 0 spiro atoms. The minimum Gasteiger partial charge on any atom is -0.386 e. The maximum absolute atomic E-state index is 12.9. The Morgan fingerprint density at radius 1 is 1.00 bits per heavy atom. The molecule has 0 fully saturated rings. The van der Waals surface area contributed by atoms with Crippen molar-refractivity contribution in [2.75, 3.05) is 7.05 Å². The van der Waals surface area contributed by atoms with Gasteiger partial charge >= 0.3 is 0 Å². The summed E-state index contributed by atoms with van der Waals surface area (Å²) in [6, 6.07) is 19.0. The third kappa shape index (κ3) is 3.99. The summed E-state index contributed by atoms with van der Waals surface area (Å²) in [4.78, 5) is 14.5. The van der Waals surface area contributed by atoms with Crippen LogP contribution in [0, 0.1) is 0 Å². The molecule has 3 unspecified atom stereocenters. The van der Waals surface area contributed by atoms with Gasteiger partial charge < -0.3 is 10.0 Å². The van der Waals surface area contributed by atoms with Crippen molar-refractivity contribution >= 4 is 5.91 Å². The molecule has 0 radical (unpaired) electrons. The molecule has 1 N–H and O–H groups in total. The smallest absolute Gasteiger partial charge is 0.230 e. The van der Waals surface area contributed by atoms with Crippen LogP contribution in [-0.2, 0) is 4.79 Å². The van der Waals surface area contributed by atoms with Crippen molar-refractivity contribution in [3.63, 3.8) is 0 Å². The van der Waals surface area contributed by atoms with E-state index in [1.807, 2.05) is 74.5 Å². The molecular formula is C20H25NO2. The van der Waals surface area contributed by atoms with Gasteiger partial charge in [0.15, 0.2) is 0 Å². The molecule has 0 heterocycles. The Labute approximate surface area is 138 Å². The van der Waals surface area contributed by atoms with Gasteiger partial charge in [0.25, 0.3) is 0 Å². The van der Waals surface area contributed by atoms with Gasteiger partial charge in [0.1, 0.15) is 0 Å². The number of nitrogens with zero attached hydrogens (tertiary/aromatic N) is 1. The van der Waals surface area contributed by atoms with E-state index in [0.29, 0.717) is 0 Å². The van der Waals surface area contributed by atoms with E-state index in [0.717, 1.165) is 17.5 Å². The molecule has 0 aliphatic carbocycles. The van der Waals surface area contributed by atoms with Crippen LogP contribution in [0.15, 0.2) is 60.7 Å². The van der Waals surface area contributed by atoms with Crippen LogP contribution in [-0.4, -0.2) is 29.0 Å². The zero-order chi connectivity index (χ0) is 16.8. The number of aliphatic hydroxyl groups is 1. The number of hydrogen-bond donors (Lipinski definition) is 1. The van der Waals surface area contributed by atoms with E-state index < -0.39 is 6.10 Å². The minimum absolute atomic E-state index is 0.0428. The van der Waals surface area contributed by atoms with Crippen molar-refractivity contribution in [2.45, 2.75) is 38.3 Å². The van der Waals surface area contributed by atoms with Gasteiger partial charge in [0.2, 0.25) is 5.91 Å². The molecule has 0 bridgehead atoms. The number of likely N-dealkylation sites (N-methyl/N-ethyl adjacent to an activating group) is 1. The van der Waals surface area contributed by atoms with Gasteiger partial charge in [-0.1, -0.05) is 67.6 Å². The molecule has 3 atom stereocenters. The Bertz CT molecular complexity index is 612. The Morgan fingerprint density at radius 3 is 1.96 bits per heavy atom. The van der Waals surface area contributed by atoms with E-state index in [1.165, 1.54) is 0 Å². The fraction of sp³-hybridized carbons (Fsp3) is 0.350. The third-order valence-corrected chi connectivity index (χ3v) is 4.46. The maximum atomic E-state index is 12.9. The molecule has 0 saturated heterocycles. The summed E-state index contributed by atoms with van der Waals surface area (Å²) < 4.78 is 0. The Kier molecular flexibility index (Phi) is 5.94. The largest absolute Gasteiger partial charge is 0.386 e. The van der Waals surface area contributed by atoms with Gasteiger partial charge in [-0.05, 0) is 24.5 Å². The molecule has 2 aromatic carbocycles. The molecule has 0 aliphatic rings. The first kappa shape index (κ1) is 17.2. The lowest BCUT2D eigenvalue weighted by atomic mass is 9.93. The van der Waals surface area contributed by atoms with E-state index in [-0.39, 0.29) is 17.9 Å². The van der Waals surface area contributed by atoms with Crippen molar-refractivity contribution < 1.29 is 9.90 Å². The van der Waals surface area contributed by atoms with Gasteiger partial charge in [-0.3, -0.25) is 4.79 Å². The summed E-state index contributed by atoms with van der Waals surface area (Å²) in [5.41, 5.74) is 1.85. The molecule has 3 heteroatoms. The van der Waals surface area contributed by atoms with Gasteiger partial charge in [0, 0.05) is 7.05 Å². The number of rotatable bonds is 6. The van der Waals surface area contributed by atoms with Crippen LogP contribution in [0.2, 0.25) is 0 Å². The predicted molar refractivity (Wildman–Crippen MR) is 93.1 cm³/mol. The number of aliphatic hydroxyl groups excluding tert-OH is 1. The highest BCUT2D eigenvalue weighted by molar-refractivity contribution is 5.83. The zero-order valence-electron chi connectivity index (χ0n) is 14.0. The quantitative estimate of drug-likeness (QED) is 0.882. The highest BCUT2D eigenvalue weighted by Crippen LogP contribution is 2.26. The Morgan fingerprint density at radius 2 is 1.48 bits per heavy atom. The van der Waals surface area contributed by atoms with E-state index in [9.17, 15) is 9.90 Å². The highest BCUT2D eigenvalue weighted by Gasteiger charge is 2.28. The van der Waals surface area contributed by atoms with E-state index in [1.54, 1.807) is 11.9 Å². The Hall–Kier alpha value is -2.13. The van der Waals surface area contributed by atoms with Crippen molar-refractivity contribution in [3.8, 4) is 0 Å². The van der Waals surface area contributed by atoms with Crippen LogP contribution in [0.25, 0.3) is 0 Å². The fourth-order valence-electron chi connectivity index (χ4n) is 2.83. The topological polar surface area (TPSA) is 40.5 Å². The van der Waals surface area contributed by atoms with Gasteiger partial charge in [0.05, 0.1) is 18.1 Å². The summed E-state index contributed by atoms with van der Waals surface area (Å²) in [6.07, 6.45) is 0.0415. The minimum atomic E-state index is -0.696. The molecular weight excluding hydrogens is 286 g/mol. The second-order valence-corrected chi connectivity index (χ2v) is 5.92. The number of carbonyl (C=O) groups excluding carboxylic acids is 1. The molecule has 23 heavy (non-hydrogen) atoms. The fourth-order valence-corrected chi connectivity index (χ4v) is 2.83. The Balaban J connectivity index is 2.14. The second kappa shape index (κ2) is 7.93. The standard InChI is InChI=1S/C20H25NO2/c1-4-18(16-11-7-5-8-12-16)20(23)21(3)15(2)19(22)17-13-9-6-10-14-17/h5-15,18-19,22H,4H2,1-3H3. The van der Waals surface area contributed by atoms with E-state index >= 15 is 0 Å². The molecule has 3 nitrogen and oxygen atoms in total. The van der Waals surface area contributed by atoms with Crippen molar-refractivity contribution in [3.05, 3.63) is 71.8 Å². The van der Waals surface area contributed by atoms with Gasteiger partial charge in [-0.25, -0.2) is 0 Å². The second-order valence-electron chi connectivity index (χ2n) is 5.92. The lowest BCUT2D eigenvalue weighted by molar-refractivity contribution is -0.135. The van der Waals surface area contributed by atoms with Crippen LogP contribution in [0.3, 0.4) is 0 Å². The summed E-state index contributed by atoms with van der Waals surface area (Å²) in [5.74, 6) is -0.132. The van der Waals surface area contributed by atoms with Crippen molar-refractivity contribution in [1.82, 2.24) is 4.90 Å². The summed E-state index contributed by atoms with van der Waals surface area (Å²) >= 11 is 0.